The highest BCUT2D eigenvalue weighted by Gasteiger charge is 2.06. The number of aryl methyl sites for hydroxylation is 1. The molecule has 5 nitrogen and oxygen atoms in total. The van der Waals surface area contributed by atoms with Crippen LogP contribution in [0.2, 0.25) is 5.02 Å². The smallest absolute Gasteiger partial charge is 0.323 e. The van der Waals surface area contributed by atoms with Crippen LogP contribution >= 0.6 is 11.6 Å². The maximum Gasteiger partial charge on any atom is 0.323 e. The summed E-state index contributed by atoms with van der Waals surface area (Å²) >= 11 is 5.86. The molecule has 0 aliphatic rings. The molecule has 0 aliphatic carbocycles. The van der Waals surface area contributed by atoms with Crippen molar-refractivity contribution >= 4 is 34.9 Å². The molecule has 0 heterocycles. The Morgan fingerprint density at radius 2 is 1.48 bits per heavy atom. The molecule has 3 rings (SSSR count). The van der Waals surface area contributed by atoms with Gasteiger partial charge in [0.2, 0.25) is 5.91 Å². The fourth-order valence-corrected chi connectivity index (χ4v) is 2.95. The van der Waals surface area contributed by atoms with Gasteiger partial charge in [0.25, 0.3) is 0 Å². The van der Waals surface area contributed by atoms with Crippen molar-refractivity contribution in [3.8, 4) is 0 Å². The largest absolute Gasteiger partial charge is 0.352 e. The third kappa shape index (κ3) is 6.66. The normalized spacial score (nSPS) is 10.3. The quantitative estimate of drug-likeness (QED) is 0.528. The number of halogens is 1. The maximum atomic E-state index is 12.2. The van der Waals surface area contributed by atoms with Crippen LogP contribution in [0.25, 0.3) is 0 Å². The minimum Gasteiger partial charge on any atom is -0.352 e. The fraction of sp³-hybridized carbons (Fsp3) is 0.130. The van der Waals surface area contributed by atoms with Gasteiger partial charge in [-0.1, -0.05) is 48.0 Å². The van der Waals surface area contributed by atoms with E-state index in [0.29, 0.717) is 17.3 Å². The van der Waals surface area contributed by atoms with Gasteiger partial charge < -0.3 is 16.0 Å². The summed E-state index contributed by atoms with van der Waals surface area (Å²) in [5.74, 6) is -0.0807. The second kappa shape index (κ2) is 9.75. The maximum absolute atomic E-state index is 12.2. The van der Waals surface area contributed by atoms with Gasteiger partial charge >= 0.3 is 6.03 Å². The Hall–Kier alpha value is -3.31. The summed E-state index contributed by atoms with van der Waals surface area (Å²) in [7, 11) is 0. The van der Waals surface area contributed by atoms with E-state index in [1.54, 1.807) is 18.2 Å². The summed E-state index contributed by atoms with van der Waals surface area (Å²) in [4.78, 5) is 24.3. The number of carbonyl (C=O) groups is 2. The number of carbonyl (C=O) groups excluding carboxylic acids is 2. The molecular formula is C23H22ClN3O2. The number of hydrogen-bond acceptors (Lipinski definition) is 2. The highest BCUT2D eigenvalue weighted by atomic mass is 35.5. The summed E-state index contributed by atoms with van der Waals surface area (Å²) in [6.07, 6.45) is 0.286. The van der Waals surface area contributed by atoms with E-state index in [1.807, 2.05) is 61.5 Å². The summed E-state index contributed by atoms with van der Waals surface area (Å²) < 4.78 is 0. The number of anilines is 2. The Kier molecular flexibility index (Phi) is 6.87. The van der Waals surface area contributed by atoms with Gasteiger partial charge in [0.1, 0.15) is 0 Å². The van der Waals surface area contributed by atoms with Crippen molar-refractivity contribution in [1.82, 2.24) is 5.32 Å². The van der Waals surface area contributed by atoms with E-state index in [4.69, 9.17) is 11.6 Å². The van der Waals surface area contributed by atoms with Gasteiger partial charge in [0, 0.05) is 22.9 Å². The van der Waals surface area contributed by atoms with Gasteiger partial charge in [0.15, 0.2) is 0 Å². The molecular weight excluding hydrogens is 386 g/mol. The van der Waals surface area contributed by atoms with Crippen LogP contribution in [0, 0.1) is 6.92 Å². The van der Waals surface area contributed by atoms with Crippen LogP contribution in [0.1, 0.15) is 16.7 Å². The molecule has 3 aromatic rings. The third-order valence-electron chi connectivity index (χ3n) is 4.23. The first-order valence-electron chi connectivity index (χ1n) is 9.23. The zero-order chi connectivity index (χ0) is 20.6. The SMILES string of the molecule is Cc1cccc(NC(=O)Nc2cccc(CNC(=O)Cc3ccc(Cl)cc3)c2)c1. The van der Waals surface area contributed by atoms with Crippen LogP contribution < -0.4 is 16.0 Å². The molecule has 0 radical (unpaired) electrons. The van der Waals surface area contributed by atoms with Crippen molar-refractivity contribution in [3.63, 3.8) is 0 Å². The van der Waals surface area contributed by atoms with Crippen molar-refractivity contribution in [1.29, 1.82) is 0 Å². The van der Waals surface area contributed by atoms with E-state index < -0.39 is 0 Å². The van der Waals surface area contributed by atoms with Crippen molar-refractivity contribution in [2.24, 2.45) is 0 Å². The van der Waals surface area contributed by atoms with Crippen LogP contribution in [0.3, 0.4) is 0 Å². The van der Waals surface area contributed by atoms with Crippen molar-refractivity contribution < 1.29 is 9.59 Å². The lowest BCUT2D eigenvalue weighted by molar-refractivity contribution is -0.120. The van der Waals surface area contributed by atoms with E-state index in [1.165, 1.54) is 0 Å². The number of benzene rings is 3. The number of urea groups is 1. The Labute approximate surface area is 175 Å². The second-order valence-electron chi connectivity index (χ2n) is 6.73. The van der Waals surface area contributed by atoms with E-state index in [2.05, 4.69) is 16.0 Å². The average Bonchev–Trinajstić information content (AvgIpc) is 2.68. The van der Waals surface area contributed by atoms with Gasteiger partial charge in [-0.25, -0.2) is 4.79 Å². The molecule has 0 aromatic heterocycles. The molecule has 0 fully saturated rings. The zero-order valence-electron chi connectivity index (χ0n) is 16.0. The van der Waals surface area contributed by atoms with E-state index in [9.17, 15) is 9.59 Å². The van der Waals surface area contributed by atoms with Crippen molar-refractivity contribution in [2.75, 3.05) is 10.6 Å². The summed E-state index contributed by atoms with van der Waals surface area (Å²) in [5, 5.41) is 9.14. The molecule has 3 amide bonds. The molecule has 0 spiro atoms. The van der Waals surface area contributed by atoms with Gasteiger partial charge in [-0.3, -0.25) is 4.79 Å². The first kappa shape index (κ1) is 20.4. The monoisotopic (exact) mass is 407 g/mol. The van der Waals surface area contributed by atoms with E-state index >= 15 is 0 Å². The van der Waals surface area contributed by atoms with Crippen LogP contribution in [0.4, 0.5) is 16.2 Å². The van der Waals surface area contributed by atoms with E-state index in [0.717, 1.165) is 22.4 Å². The molecule has 0 saturated heterocycles. The van der Waals surface area contributed by atoms with Gasteiger partial charge in [-0.2, -0.15) is 0 Å². The Bertz CT molecular complexity index is 1000. The number of amides is 3. The third-order valence-corrected chi connectivity index (χ3v) is 4.48. The topological polar surface area (TPSA) is 70.2 Å². The summed E-state index contributed by atoms with van der Waals surface area (Å²) in [5.41, 5.74) is 4.24. The average molecular weight is 408 g/mol. The highest BCUT2D eigenvalue weighted by molar-refractivity contribution is 6.30. The minimum absolute atomic E-state index is 0.0807. The second-order valence-corrected chi connectivity index (χ2v) is 7.17. The first-order valence-corrected chi connectivity index (χ1v) is 9.60. The predicted octanol–water partition coefficient (Wildman–Crippen LogP) is 5.15. The van der Waals surface area contributed by atoms with Crippen LogP contribution in [0.15, 0.2) is 72.8 Å². The molecule has 148 valence electrons. The lowest BCUT2D eigenvalue weighted by atomic mass is 10.1. The minimum atomic E-state index is -0.320. The Morgan fingerprint density at radius 3 is 2.17 bits per heavy atom. The number of nitrogens with one attached hydrogen (secondary N) is 3. The lowest BCUT2D eigenvalue weighted by Gasteiger charge is -2.10. The molecule has 6 heteroatoms. The van der Waals surface area contributed by atoms with Crippen LogP contribution in [-0.4, -0.2) is 11.9 Å². The molecule has 3 aromatic carbocycles. The number of rotatable bonds is 6. The lowest BCUT2D eigenvalue weighted by Crippen LogP contribution is -2.24. The number of hydrogen-bond donors (Lipinski definition) is 3. The van der Waals surface area contributed by atoms with Gasteiger partial charge in [-0.15, -0.1) is 0 Å². The molecule has 29 heavy (non-hydrogen) atoms. The Balaban J connectivity index is 1.51. The van der Waals surface area contributed by atoms with Crippen molar-refractivity contribution in [3.05, 3.63) is 94.5 Å². The summed E-state index contributed by atoms with van der Waals surface area (Å²) in [6.45, 7) is 2.34. The standard InChI is InChI=1S/C23H22ClN3O2/c1-16-4-2-6-20(12-16)26-23(29)27-21-7-3-5-18(13-21)15-25-22(28)14-17-8-10-19(24)11-9-17/h2-13H,14-15H2,1H3,(H,25,28)(H2,26,27,29). The Morgan fingerprint density at radius 1 is 0.828 bits per heavy atom. The van der Waals surface area contributed by atoms with Gasteiger partial charge in [0.05, 0.1) is 6.42 Å². The highest BCUT2D eigenvalue weighted by Crippen LogP contribution is 2.14. The molecule has 3 N–H and O–H groups in total. The predicted molar refractivity (Wildman–Crippen MR) is 117 cm³/mol. The first-order chi connectivity index (χ1) is 14.0. The molecule has 0 aliphatic heterocycles. The van der Waals surface area contributed by atoms with Crippen LogP contribution in [-0.2, 0) is 17.8 Å². The summed E-state index contributed by atoms with van der Waals surface area (Å²) in [6, 6.07) is 21.8. The van der Waals surface area contributed by atoms with Crippen molar-refractivity contribution in [2.45, 2.75) is 19.9 Å². The molecule has 0 saturated carbocycles. The molecule has 0 atom stereocenters. The molecule has 0 bridgehead atoms. The van der Waals surface area contributed by atoms with E-state index in [-0.39, 0.29) is 18.4 Å². The van der Waals surface area contributed by atoms with Crippen LogP contribution in [0.5, 0.6) is 0 Å². The fourth-order valence-electron chi connectivity index (χ4n) is 2.83. The molecule has 0 unspecified atom stereocenters. The zero-order valence-corrected chi connectivity index (χ0v) is 16.8. The van der Waals surface area contributed by atoms with Gasteiger partial charge in [-0.05, 0) is 60.0 Å².